The number of hydrogen-bond donors (Lipinski definition) is 2. The normalized spacial score (nSPS) is 21.4. The molecule has 0 atom stereocenters. The maximum Gasteiger partial charge on any atom is 0.150 e. The van der Waals surface area contributed by atoms with Crippen LogP contribution in [0.1, 0.15) is 0 Å². The van der Waals surface area contributed by atoms with E-state index in [0.29, 0.717) is 23.7 Å². The molecular formula is C9H12N2O3. The van der Waals surface area contributed by atoms with E-state index in [9.17, 15) is 0 Å². The molecule has 0 fully saturated rings. The molecule has 1 aliphatic carbocycles. The predicted octanol–water partition coefficient (Wildman–Crippen LogP) is 0.350. The highest BCUT2D eigenvalue weighted by molar-refractivity contribution is 6.20. The lowest BCUT2D eigenvalue weighted by Gasteiger charge is -2.08. The van der Waals surface area contributed by atoms with Crippen LogP contribution >= 0.6 is 0 Å². The van der Waals surface area contributed by atoms with Gasteiger partial charge in [-0.3, -0.25) is 4.99 Å². The Labute approximate surface area is 81.7 Å². The number of aliphatic hydroxyl groups is 1. The van der Waals surface area contributed by atoms with Crippen molar-refractivity contribution >= 4 is 11.4 Å². The van der Waals surface area contributed by atoms with E-state index in [0.717, 1.165) is 0 Å². The maximum atomic E-state index is 8.59. The van der Waals surface area contributed by atoms with Crippen molar-refractivity contribution in [2.45, 2.75) is 0 Å². The Balaban J connectivity index is 2.83. The smallest absolute Gasteiger partial charge is 0.150 e. The van der Waals surface area contributed by atoms with Gasteiger partial charge in [-0.15, -0.1) is 0 Å². The van der Waals surface area contributed by atoms with Crippen molar-refractivity contribution in [3.05, 3.63) is 24.0 Å². The summed E-state index contributed by atoms with van der Waals surface area (Å²) in [5.74, 6) is 0.451. The second-order valence-corrected chi connectivity index (χ2v) is 2.56. The van der Waals surface area contributed by atoms with Gasteiger partial charge in [0.1, 0.15) is 11.5 Å². The van der Waals surface area contributed by atoms with E-state index in [2.05, 4.69) is 10.1 Å². The van der Waals surface area contributed by atoms with Gasteiger partial charge in [-0.25, -0.2) is 0 Å². The van der Waals surface area contributed by atoms with Crippen LogP contribution in [0.25, 0.3) is 0 Å². The van der Waals surface area contributed by atoms with Gasteiger partial charge in [0.2, 0.25) is 0 Å². The molecule has 14 heavy (non-hydrogen) atoms. The summed E-state index contributed by atoms with van der Waals surface area (Å²) in [4.78, 5) is 4.06. The number of nitrogens with zero attached hydrogens (tertiary/aromatic N) is 2. The number of methoxy groups -OCH3 is 1. The number of allylic oxidation sites excluding steroid dienone is 3. The monoisotopic (exact) mass is 196 g/mol. The minimum Gasteiger partial charge on any atom is -0.494 e. The number of ether oxygens (including phenoxy) is 1. The molecule has 1 rings (SSSR count). The molecule has 0 aliphatic heterocycles. The van der Waals surface area contributed by atoms with Crippen LogP contribution in [0.3, 0.4) is 0 Å². The Bertz CT molecular complexity index is 316. The molecule has 76 valence electrons. The number of rotatable bonds is 3. The average molecular weight is 196 g/mol. The van der Waals surface area contributed by atoms with Crippen LogP contribution in [0.4, 0.5) is 0 Å². The Hall–Kier alpha value is -1.62. The molecule has 5 heteroatoms. The minimum atomic E-state index is 0.00837. The minimum absolute atomic E-state index is 0.00837. The molecular weight excluding hydrogens is 184 g/mol. The van der Waals surface area contributed by atoms with Gasteiger partial charge in [0, 0.05) is 6.08 Å². The van der Waals surface area contributed by atoms with Crippen LogP contribution in [-0.2, 0) is 4.74 Å². The van der Waals surface area contributed by atoms with E-state index < -0.39 is 0 Å². The predicted molar refractivity (Wildman–Crippen MR) is 52.8 cm³/mol. The molecule has 0 saturated heterocycles. The van der Waals surface area contributed by atoms with Crippen LogP contribution < -0.4 is 0 Å². The van der Waals surface area contributed by atoms with Crippen molar-refractivity contribution in [3.63, 3.8) is 0 Å². The summed E-state index contributed by atoms with van der Waals surface area (Å²) >= 11 is 0. The molecule has 1 aliphatic rings. The lowest BCUT2D eigenvalue weighted by Crippen LogP contribution is -2.10. The van der Waals surface area contributed by atoms with Crippen LogP contribution in [0.15, 0.2) is 34.1 Å². The number of aliphatic hydroxyl groups excluding tert-OH is 1. The zero-order valence-corrected chi connectivity index (χ0v) is 7.84. The zero-order valence-electron chi connectivity index (χ0n) is 7.84. The van der Waals surface area contributed by atoms with Crippen LogP contribution in [0.2, 0.25) is 0 Å². The summed E-state index contributed by atoms with van der Waals surface area (Å²) in [5, 5.41) is 20.2. The van der Waals surface area contributed by atoms with E-state index >= 15 is 0 Å². The summed E-state index contributed by atoms with van der Waals surface area (Å²) in [6.07, 6.45) is 4.92. The fourth-order valence-electron chi connectivity index (χ4n) is 1.03. The molecule has 0 aromatic rings. The van der Waals surface area contributed by atoms with E-state index in [1.54, 1.807) is 18.2 Å². The number of oxime groups is 1. The molecule has 0 spiro atoms. The molecule has 2 N–H and O–H groups in total. The molecule has 0 saturated carbocycles. The van der Waals surface area contributed by atoms with Gasteiger partial charge in [-0.2, -0.15) is 0 Å². The third kappa shape index (κ3) is 2.43. The lowest BCUT2D eigenvalue weighted by molar-refractivity contribution is 0.296. The number of aliphatic imine (C=N–C) groups is 1. The van der Waals surface area contributed by atoms with Crippen molar-refractivity contribution in [2.24, 2.45) is 10.1 Å². The van der Waals surface area contributed by atoms with Crippen LogP contribution in [0.5, 0.6) is 0 Å². The van der Waals surface area contributed by atoms with Crippen molar-refractivity contribution in [2.75, 3.05) is 20.3 Å². The SMILES string of the molecule is COC1=CC(=N/CCO)/C=CC/1=N\O. The molecule has 0 radical (unpaired) electrons. The van der Waals surface area contributed by atoms with Crippen molar-refractivity contribution in [1.29, 1.82) is 0 Å². The highest BCUT2D eigenvalue weighted by atomic mass is 16.5. The lowest BCUT2D eigenvalue weighted by atomic mass is 10.1. The van der Waals surface area contributed by atoms with Gasteiger partial charge in [0.25, 0.3) is 0 Å². The van der Waals surface area contributed by atoms with Crippen LogP contribution in [-0.4, -0.2) is 42.0 Å². The molecule has 0 heterocycles. The van der Waals surface area contributed by atoms with Crippen molar-refractivity contribution in [1.82, 2.24) is 0 Å². The molecule has 0 aromatic heterocycles. The van der Waals surface area contributed by atoms with Gasteiger partial charge >= 0.3 is 0 Å². The molecule has 0 amide bonds. The topological polar surface area (TPSA) is 74.4 Å². The average Bonchev–Trinajstić information content (AvgIpc) is 2.25. The van der Waals surface area contributed by atoms with Gasteiger partial charge in [0.05, 0.1) is 26.0 Å². The molecule has 0 aromatic carbocycles. The first-order chi connectivity index (χ1) is 6.81. The number of hydrogen-bond acceptors (Lipinski definition) is 5. The molecule has 0 unspecified atom stereocenters. The highest BCUT2D eigenvalue weighted by Crippen LogP contribution is 2.08. The van der Waals surface area contributed by atoms with Gasteiger partial charge < -0.3 is 15.1 Å². The first-order valence-corrected chi connectivity index (χ1v) is 4.13. The van der Waals surface area contributed by atoms with E-state index in [1.165, 1.54) is 7.11 Å². The van der Waals surface area contributed by atoms with E-state index in [1.807, 2.05) is 0 Å². The van der Waals surface area contributed by atoms with Crippen molar-refractivity contribution < 1.29 is 15.1 Å². The Morgan fingerprint density at radius 1 is 1.43 bits per heavy atom. The summed E-state index contributed by atoms with van der Waals surface area (Å²) in [6.45, 7) is 0.354. The maximum absolute atomic E-state index is 8.59. The Morgan fingerprint density at radius 2 is 2.21 bits per heavy atom. The van der Waals surface area contributed by atoms with Gasteiger partial charge in [-0.05, 0) is 12.2 Å². The summed E-state index contributed by atoms with van der Waals surface area (Å²) in [6, 6.07) is 0. The summed E-state index contributed by atoms with van der Waals surface area (Å²) in [5.41, 5.74) is 1.04. The van der Waals surface area contributed by atoms with Gasteiger partial charge in [0.15, 0.2) is 0 Å². The first kappa shape index (κ1) is 10.5. The fourth-order valence-corrected chi connectivity index (χ4v) is 1.03. The standard InChI is InChI=1S/C9H12N2O3/c1-14-9-6-7(10-4-5-12)2-3-8(9)11-13/h2-3,6,12-13H,4-5H2,1H3/b10-7+,11-8+. The second kappa shape index (κ2) is 5.18. The fraction of sp³-hybridized carbons (Fsp3) is 0.333. The summed E-state index contributed by atoms with van der Waals surface area (Å²) in [7, 11) is 1.49. The third-order valence-corrected chi connectivity index (χ3v) is 1.67. The quantitative estimate of drug-likeness (QED) is 0.388. The largest absolute Gasteiger partial charge is 0.494 e. The van der Waals surface area contributed by atoms with Crippen molar-refractivity contribution in [3.8, 4) is 0 Å². The third-order valence-electron chi connectivity index (χ3n) is 1.67. The molecule has 0 bridgehead atoms. The van der Waals surface area contributed by atoms with Crippen LogP contribution in [0, 0.1) is 0 Å². The second-order valence-electron chi connectivity index (χ2n) is 2.56. The zero-order chi connectivity index (χ0) is 10.4. The first-order valence-electron chi connectivity index (χ1n) is 4.13. The Morgan fingerprint density at radius 3 is 2.79 bits per heavy atom. The van der Waals surface area contributed by atoms with E-state index in [4.69, 9.17) is 15.1 Å². The summed E-state index contributed by atoms with van der Waals surface area (Å²) < 4.78 is 4.98. The van der Waals surface area contributed by atoms with Gasteiger partial charge in [-0.1, -0.05) is 5.16 Å². The van der Waals surface area contributed by atoms with E-state index in [-0.39, 0.29) is 6.61 Å². The molecule has 5 nitrogen and oxygen atoms in total. The Kier molecular flexibility index (Phi) is 3.87. The highest BCUT2D eigenvalue weighted by Gasteiger charge is 2.10.